The van der Waals surface area contributed by atoms with Crippen LogP contribution in [0.4, 0.5) is 0 Å². The lowest BCUT2D eigenvalue weighted by molar-refractivity contribution is -0.176. The van der Waals surface area contributed by atoms with Gasteiger partial charge in [-0.05, 0) is 48.4 Å². The van der Waals surface area contributed by atoms with Crippen molar-refractivity contribution in [3.8, 4) is 0 Å². The van der Waals surface area contributed by atoms with Crippen LogP contribution in [0, 0.1) is 0 Å². The van der Waals surface area contributed by atoms with E-state index in [9.17, 15) is 0 Å². The molecule has 0 aromatic heterocycles. The molecule has 3 aromatic carbocycles. The summed E-state index contributed by atoms with van der Waals surface area (Å²) in [5.41, 5.74) is 2.26. The molecule has 0 aliphatic carbocycles. The number of hydrogen-bond acceptors (Lipinski definition) is 3. The summed E-state index contributed by atoms with van der Waals surface area (Å²) < 4.78 is 13.1. The SMILES string of the molecule is Clc1ccc(C2(OCc3c(Cl)cccc3Cl)CCNCC2OCc2ccccc2)cc1. The molecule has 6 heteroatoms. The van der Waals surface area contributed by atoms with E-state index in [2.05, 4.69) is 17.4 Å². The summed E-state index contributed by atoms with van der Waals surface area (Å²) in [5, 5.41) is 5.31. The molecule has 1 aliphatic heterocycles. The number of nitrogens with one attached hydrogen (secondary N) is 1. The fourth-order valence-electron chi connectivity index (χ4n) is 3.98. The maximum Gasteiger partial charge on any atom is 0.122 e. The Morgan fingerprint density at radius 2 is 1.55 bits per heavy atom. The minimum atomic E-state index is -0.660. The fraction of sp³-hybridized carbons (Fsp3) is 0.280. The number of hydrogen-bond donors (Lipinski definition) is 1. The number of halogens is 3. The van der Waals surface area contributed by atoms with Gasteiger partial charge in [-0.25, -0.2) is 0 Å². The van der Waals surface area contributed by atoms with Crippen LogP contribution in [0.5, 0.6) is 0 Å². The van der Waals surface area contributed by atoms with Gasteiger partial charge in [-0.2, -0.15) is 0 Å². The topological polar surface area (TPSA) is 30.5 Å². The van der Waals surface area contributed by atoms with Gasteiger partial charge in [-0.3, -0.25) is 0 Å². The maximum atomic E-state index is 6.67. The van der Waals surface area contributed by atoms with Crippen LogP contribution in [0.3, 0.4) is 0 Å². The Morgan fingerprint density at radius 3 is 2.26 bits per heavy atom. The Hall–Kier alpha value is -1.59. The average Bonchev–Trinajstić information content (AvgIpc) is 2.79. The molecule has 162 valence electrons. The van der Waals surface area contributed by atoms with Crippen LogP contribution in [0.2, 0.25) is 15.1 Å². The average molecular weight is 477 g/mol. The van der Waals surface area contributed by atoms with Crippen molar-refractivity contribution in [2.24, 2.45) is 0 Å². The molecule has 2 atom stereocenters. The molecule has 0 radical (unpaired) electrons. The number of ether oxygens (including phenoxy) is 2. The van der Waals surface area contributed by atoms with E-state index in [1.165, 1.54) is 0 Å². The van der Waals surface area contributed by atoms with Crippen LogP contribution in [0.25, 0.3) is 0 Å². The minimum Gasteiger partial charge on any atom is -0.369 e. The molecule has 0 saturated carbocycles. The predicted octanol–water partition coefficient (Wildman–Crippen LogP) is 6.64. The summed E-state index contributed by atoms with van der Waals surface area (Å²) >= 11 is 19.0. The van der Waals surface area contributed by atoms with Crippen LogP contribution in [-0.2, 0) is 28.3 Å². The largest absolute Gasteiger partial charge is 0.369 e. The van der Waals surface area contributed by atoms with Gasteiger partial charge in [0, 0.05) is 27.2 Å². The highest BCUT2D eigenvalue weighted by molar-refractivity contribution is 6.35. The number of benzene rings is 3. The normalized spacial score (nSPS) is 21.2. The third-order valence-electron chi connectivity index (χ3n) is 5.69. The summed E-state index contributed by atoms with van der Waals surface area (Å²) in [6, 6.07) is 23.4. The zero-order chi connectivity index (χ0) is 21.7. The molecule has 3 aromatic rings. The van der Waals surface area contributed by atoms with Gasteiger partial charge in [0.2, 0.25) is 0 Å². The zero-order valence-electron chi connectivity index (χ0n) is 17.0. The Kier molecular flexibility index (Phi) is 7.55. The van der Waals surface area contributed by atoms with Gasteiger partial charge < -0.3 is 14.8 Å². The molecule has 0 bridgehead atoms. The van der Waals surface area contributed by atoms with E-state index in [0.29, 0.717) is 28.2 Å². The van der Waals surface area contributed by atoms with Gasteiger partial charge in [0.1, 0.15) is 11.7 Å². The van der Waals surface area contributed by atoms with Crippen LogP contribution in [0.15, 0.2) is 72.8 Å². The molecular formula is C25H24Cl3NO2. The van der Waals surface area contributed by atoms with Crippen molar-refractivity contribution in [1.82, 2.24) is 5.32 Å². The van der Waals surface area contributed by atoms with Crippen molar-refractivity contribution in [2.75, 3.05) is 13.1 Å². The highest BCUT2D eigenvalue weighted by Gasteiger charge is 2.44. The molecule has 0 spiro atoms. The Morgan fingerprint density at radius 1 is 0.839 bits per heavy atom. The summed E-state index contributed by atoms with van der Waals surface area (Å²) in [6.07, 6.45) is 0.541. The van der Waals surface area contributed by atoms with Crippen molar-refractivity contribution < 1.29 is 9.47 Å². The Labute approximate surface area is 198 Å². The Balaban J connectivity index is 1.65. The van der Waals surface area contributed by atoms with E-state index in [-0.39, 0.29) is 12.7 Å². The molecule has 1 N–H and O–H groups in total. The van der Waals surface area contributed by atoms with Crippen molar-refractivity contribution in [2.45, 2.75) is 31.3 Å². The summed E-state index contributed by atoms with van der Waals surface area (Å²) in [7, 11) is 0. The van der Waals surface area contributed by atoms with Crippen molar-refractivity contribution in [1.29, 1.82) is 0 Å². The van der Waals surface area contributed by atoms with Crippen molar-refractivity contribution >= 4 is 34.8 Å². The van der Waals surface area contributed by atoms with Crippen molar-refractivity contribution in [3.05, 3.63) is 105 Å². The molecule has 4 rings (SSSR count). The van der Waals surface area contributed by atoms with Gasteiger partial charge in [-0.1, -0.05) is 83.3 Å². The lowest BCUT2D eigenvalue weighted by atomic mass is 9.82. The van der Waals surface area contributed by atoms with Crippen LogP contribution < -0.4 is 5.32 Å². The third-order valence-corrected chi connectivity index (χ3v) is 6.65. The molecule has 31 heavy (non-hydrogen) atoms. The lowest BCUT2D eigenvalue weighted by Gasteiger charge is -2.44. The van der Waals surface area contributed by atoms with Gasteiger partial charge in [0.25, 0.3) is 0 Å². The molecule has 1 aliphatic rings. The van der Waals surface area contributed by atoms with E-state index >= 15 is 0 Å². The smallest absolute Gasteiger partial charge is 0.122 e. The van der Waals surface area contributed by atoms with Crippen LogP contribution in [0.1, 0.15) is 23.1 Å². The monoisotopic (exact) mass is 475 g/mol. The molecule has 1 fully saturated rings. The van der Waals surface area contributed by atoms with E-state index in [4.69, 9.17) is 44.3 Å². The number of piperidine rings is 1. The summed E-state index contributed by atoms with van der Waals surface area (Å²) in [6.45, 7) is 2.26. The van der Waals surface area contributed by atoms with E-state index < -0.39 is 5.60 Å². The summed E-state index contributed by atoms with van der Waals surface area (Å²) in [5.74, 6) is 0. The quantitative estimate of drug-likeness (QED) is 0.415. The molecule has 1 heterocycles. The highest BCUT2D eigenvalue weighted by atomic mass is 35.5. The molecular weight excluding hydrogens is 453 g/mol. The second-order valence-corrected chi connectivity index (χ2v) is 8.88. The predicted molar refractivity (Wildman–Crippen MR) is 127 cm³/mol. The highest BCUT2D eigenvalue weighted by Crippen LogP contribution is 2.39. The van der Waals surface area contributed by atoms with Gasteiger partial charge in [0.05, 0.1) is 13.2 Å². The first-order valence-corrected chi connectivity index (χ1v) is 11.4. The zero-order valence-corrected chi connectivity index (χ0v) is 19.3. The second-order valence-electron chi connectivity index (χ2n) is 7.62. The lowest BCUT2D eigenvalue weighted by Crippen LogP contribution is -2.54. The molecule has 2 unspecified atom stereocenters. The van der Waals surface area contributed by atoms with Gasteiger partial charge in [0.15, 0.2) is 0 Å². The summed E-state index contributed by atoms with van der Waals surface area (Å²) in [4.78, 5) is 0. The minimum absolute atomic E-state index is 0.205. The van der Waals surface area contributed by atoms with Crippen LogP contribution >= 0.6 is 34.8 Å². The van der Waals surface area contributed by atoms with E-state index in [1.807, 2.05) is 60.7 Å². The van der Waals surface area contributed by atoms with E-state index in [0.717, 1.165) is 29.7 Å². The first-order valence-electron chi connectivity index (χ1n) is 10.3. The van der Waals surface area contributed by atoms with Crippen molar-refractivity contribution in [3.63, 3.8) is 0 Å². The molecule has 3 nitrogen and oxygen atoms in total. The third kappa shape index (κ3) is 5.25. The van der Waals surface area contributed by atoms with Gasteiger partial charge >= 0.3 is 0 Å². The van der Waals surface area contributed by atoms with E-state index in [1.54, 1.807) is 0 Å². The molecule has 1 saturated heterocycles. The first-order chi connectivity index (χ1) is 15.1. The van der Waals surface area contributed by atoms with Gasteiger partial charge in [-0.15, -0.1) is 0 Å². The van der Waals surface area contributed by atoms with Crippen LogP contribution in [-0.4, -0.2) is 19.2 Å². The Bertz CT molecular complexity index is 977. The second kappa shape index (κ2) is 10.4. The maximum absolute atomic E-state index is 6.67. The standard InChI is InChI=1S/C25H24Cl3NO2/c26-20-11-9-19(10-12-20)25(31-17-21-22(27)7-4-8-23(21)28)13-14-29-15-24(25)30-16-18-5-2-1-3-6-18/h1-12,24,29H,13-17H2. The molecule has 0 amide bonds. The number of rotatable bonds is 7. The first kappa shape index (κ1) is 22.6. The fourth-order valence-corrected chi connectivity index (χ4v) is 4.61.